The van der Waals surface area contributed by atoms with Crippen molar-refractivity contribution in [3.8, 4) is 11.3 Å². The summed E-state index contributed by atoms with van der Waals surface area (Å²) in [6.07, 6.45) is 3.54. The molecule has 0 saturated carbocycles. The molecule has 116 valence electrons. The third kappa shape index (κ3) is 3.18. The predicted octanol–water partition coefficient (Wildman–Crippen LogP) is 2.63. The van der Waals surface area contributed by atoms with E-state index in [2.05, 4.69) is 20.4 Å². The van der Waals surface area contributed by atoms with Crippen LogP contribution in [0.1, 0.15) is 15.9 Å². The maximum Gasteiger partial charge on any atom is 0.335 e. The Morgan fingerprint density at radius 2 is 1.96 bits per heavy atom. The van der Waals surface area contributed by atoms with E-state index in [9.17, 15) is 4.79 Å². The monoisotopic (exact) mass is 309 g/mol. The van der Waals surface area contributed by atoms with Gasteiger partial charge in [0, 0.05) is 31.1 Å². The normalized spacial score (nSPS) is 10.5. The summed E-state index contributed by atoms with van der Waals surface area (Å²) in [6, 6.07) is 8.42. The summed E-state index contributed by atoms with van der Waals surface area (Å²) in [5.74, 6) is 0.142. The number of carboxylic acid groups (broad SMARTS) is 1. The third-order valence-electron chi connectivity index (χ3n) is 3.33. The number of nitrogens with one attached hydrogen (secondary N) is 1. The fourth-order valence-electron chi connectivity index (χ4n) is 2.16. The average molecular weight is 309 g/mol. The Morgan fingerprint density at radius 3 is 2.57 bits per heavy atom. The van der Waals surface area contributed by atoms with Crippen molar-refractivity contribution in [1.29, 1.82) is 0 Å². The smallest absolute Gasteiger partial charge is 0.335 e. The molecule has 2 heterocycles. The minimum atomic E-state index is -0.950. The SMILES string of the molecule is Cc1cnc(Nc2ccn(C)n2)nc1-c1ccc(C(=O)O)cc1. The van der Waals surface area contributed by atoms with E-state index in [4.69, 9.17) is 5.11 Å². The van der Waals surface area contributed by atoms with E-state index in [-0.39, 0.29) is 5.56 Å². The number of carbonyl (C=O) groups is 1. The summed E-state index contributed by atoms with van der Waals surface area (Å²) in [5, 5.41) is 16.2. The van der Waals surface area contributed by atoms with Crippen molar-refractivity contribution >= 4 is 17.7 Å². The lowest BCUT2D eigenvalue weighted by atomic mass is 10.1. The van der Waals surface area contributed by atoms with Crippen LogP contribution in [0.25, 0.3) is 11.3 Å². The molecule has 1 aromatic carbocycles. The van der Waals surface area contributed by atoms with E-state index >= 15 is 0 Å². The fraction of sp³-hybridized carbons (Fsp3) is 0.125. The van der Waals surface area contributed by atoms with E-state index in [1.807, 2.05) is 26.2 Å². The highest BCUT2D eigenvalue weighted by atomic mass is 16.4. The Balaban J connectivity index is 1.92. The van der Waals surface area contributed by atoms with Crippen LogP contribution < -0.4 is 5.32 Å². The largest absolute Gasteiger partial charge is 0.478 e. The van der Waals surface area contributed by atoms with Gasteiger partial charge in [-0.15, -0.1) is 0 Å². The number of nitrogens with zero attached hydrogens (tertiary/aromatic N) is 4. The van der Waals surface area contributed by atoms with Gasteiger partial charge in [-0.3, -0.25) is 4.68 Å². The van der Waals surface area contributed by atoms with Crippen LogP contribution >= 0.6 is 0 Å². The second kappa shape index (κ2) is 5.88. The first kappa shape index (κ1) is 14.7. The van der Waals surface area contributed by atoms with Gasteiger partial charge in [-0.1, -0.05) is 12.1 Å². The first-order chi connectivity index (χ1) is 11.0. The van der Waals surface area contributed by atoms with Crippen molar-refractivity contribution in [2.24, 2.45) is 7.05 Å². The number of carboxylic acids is 1. The number of hydrogen-bond acceptors (Lipinski definition) is 5. The average Bonchev–Trinajstić information content (AvgIpc) is 2.94. The number of aromatic nitrogens is 4. The molecule has 23 heavy (non-hydrogen) atoms. The molecule has 7 heteroatoms. The van der Waals surface area contributed by atoms with Crippen LogP contribution in [0.15, 0.2) is 42.7 Å². The van der Waals surface area contributed by atoms with Gasteiger partial charge in [0.25, 0.3) is 0 Å². The fourth-order valence-corrected chi connectivity index (χ4v) is 2.16. The zero-order valence-corrected chi connectivity index (χ0v) is 12.7. The highest BCUT2D eigenvalue weighted by molar-refractivity contribution is 5.88. The molecule has 0 aliphatic heterocycles. The van der Waals surface area contributed by atoms with Crippen LogP contribution in [0.4, 0.5) is 11.8 Å². The van der Waals surface area contributed by atoms with Gasteiger partial charge in [-0.2, -0.15) is 5.10 Å². The van der Waals surface area contributed by atoms with Crippen LogP contribution in [0, 0.1) is 6.92 Å². The number of aromatic carboxylic acids is 1. The molecule has 0 spiro atoms. The minimum Gasteiger partial charge on any atom is -0.478 e. The van der Waals surface area contributed by atoms with Crippen molar-refractivity contribution < 1.29 is 9.90 Å². The van der Waals surface area contributed by atoms with Crippen LogP contribution in [-0.4, -0.2) is 30.8 Å². The van der Waals surface area contributed by atoms with E-state index in [1.165, 1.54) is 0 Å². The second-order valence-electron chi connectivity index (χ2n) is 5.11. The van der Waals surface area contributed by atoms with Crippen LogP contribution in [0.3, 0.4) is 0 Å². The maximum absolute atomic E-state index is 10.9. The lowest BCUT2D eigenvalue weighted by Gasteiger charge is -2.08. The molecule has 0 radical (unpaired) electrons. The lowest BCUT2D eigenvalue weighted by molar-refractivity contribution is 0.0697. The Kier molecular flexibility index (Phi) is 3.76. The molecule has 7 nitrogen and oxygen atoms in total. The summed E-state index contributed by atoms with van der Waals surface area (Å²) in [6.45, 7) is 1.91. The Morgan fingerprint density at radius 1 is 1.22 bits per heavy atom. The summed E-state index contributed by atoms with van der Waals surface area (Å²) in [7, 11) is 1.83. The zero-order chi connectivity index (χ0) is 16.4. The Hall–Kier alpha value is -3.22. The quantitative estimate of drug-likeness (QED) is 0.769. The molecule has 2 N–H and O–H groups in total. The minimum absolute atomic E-state index is 0.243. The molecular weight excluding hydrogens is 294 g/mol. The molecular formula is C16H15N5O2. The Labute approximate surface area is 132 Å². The van der Waals surface area contributed by atoms with Crippen molar-refractivity contribution in [3.63, 3.8) is 0 Å². The number of rotatable bonds is 4. The van der Waals surface area contributed by atoms with Gasteiger partial charge in [0.15, 0.2) is 5.82 Å². The van der Waals surface area contributed by atoms with Gasteiger partial charge >= 0.3 is 5.97 Å². The van der Waals surface area contributed by atoms with Crippen LogP contribution in [-0.2, 0) is 7.05 Å². The van der Waals surface area contributed by atoms with Gasteiger partial charge in [0.1, 0.15) is 0 Å². The standard InChI is InChI=1S/C16H15N5O2/c1-10-9-17-16(18-13-7-8-21(2)20-13)19-14(10)11-3-5-12(6-4-11)15(22)23/h3-9H,1-2H3,(H,22,23)(H,17,18,19,20). The molecule has 3 aromatic rings. The summed E-state index contributed by atoms with van der Waals surface area (Å²) >= 11 is 0. The summed E-state index contributed by atoms with van der Waals surface area (Å²) in [4.78, 5) is 19.7. The molecule has 0 aliphatic carbocycles. The predicted molar refractivity (Wildman–Crippen MR) is 85.7 cm³/mol. The molecule has 0 saturated heterocycles. The lowest BCUT2D eigenvalue weighted by Crippen LogP contribution is -2.01. The van der Waals surface area contributed by atoms with Crippen molar-refractivity contribution in [3.05, 3.63) is 53.9 Å². The number of aryl methyl sites for hydroxylation is 2. The van der Waals surface area contributed by atoms with Crippen LogP contribution in [0.2, 0.25) is 0 Å². The van der Waals surface area contributed by atoms with Crippen molar-refractivity contribution in [1.82, 2.24) is 19.7 Å². The zero-order valence-electron chi connectivity index (χ0n) is 12.7. The van der Waals surface area contributed by atoms with E-state index in [0.29, 0.717) is 11.8 Å². The molecule has 0 unspecified atom stereocenters. The highest BCUT2D eigenvalue weighted by Gasteiger charge is 2.09. The first-order valence-corrected chi connectivity index (χ1v) is 6.97. The van der Waals surface area contributed by atoms with Gasteiger partial charge in [0.2, 0.25) is 5.95 Å². The molecule has 0 amide bonds. The molecule has 0 atom stereocenters. The Bertz CT molecular complexity index is 855. The molecule has 0 bridgehead atoms. The van der Waals surface area contributed by atoms with Crippen molar-refractivity contribution in [2.45, 2.75) is 6.92 Å². The van der Waals surface area contributed by atoms with Crippen LogP contribution in [0.5, 0.6) is 0 Å². The number of benzene rings is 1. The van der Waals surface area contributed by atoms with E-state index in [0.717, 1.165) is 16.8 Å². The summed E-state index contributed by atoms with van der Waals surface area (Å²) < 4.78 is 1.68. The number of hydrogen-bond donors (Lipinski definition) is 2. The molecule has 2 aromatic heterocycles. The maximum atomic E-state index is 10.9. The van der Waals surface area contributed by atoms with Crippen molar-refractivity contribution in [2.75, 3.05) is 5.32 Å². The van der Waals surface area contributed by atoms with E-state index in [1.54, 1.807) is 35.1 Å². The van der Waals surface area contributed by atoms with Gasteiger partial charge < -0.3 is 10.4 Å². The third-order valence-corrected chi connectivity index (χ3v) is 3.33. The molecule has 0 fully saturated rings. The van der Waals surface area contributed by atoms with Gasteiger partial charge in [-0.05, 0) is 24.6 Å². The van der Waals surface area contributed by atoms with Gasteiger partial charge in [-0.25, -0.2) is 14.8 Å². The van der Waals surface area contributed by atoms with Gasteiger partial charge in [0.05, 0.1) is 11.3 Å². The second-order valence-corrected chi connectivity index (χ2v) is 5.11. The first-order valence-electron chi connectivity index (χ1n) is 6.97. The molecule has 0 aliphatic rings. The van der Waals surface area contributed by atoms with E-state index < -0.39 is 5.97 Å². The number of anilines is 2. The topological polar surface area (TPSA) is 92.9 Å². The summed E-state index contributed by atoms with van der Waals surface area (Å²) in [5.41, 5.74) is 2.72. The molecule has 3 rings (SSSR count). The highest BCUT2D eigenvalue weighted by Crippen LogP contribution is 2.23.